The first-order valence-electron chi connectivity index (χ1n) is 35.9. The van der Waals surface area contributed by atoms with Crippen molar-refractivity contribution in [1.82, 2.24) is 120 Å². The molecule has 588 valence electrons. The highest BCUT2D eigenvalue weighted by Gasteiger charge is 2.32. The summed E-state index contributed by atoms with van der Waals surface area (Å²) in [6.07, 6.45) is 8.86. The molecule has 0 radical (unpaired) electrons. The number of aromatic nitrogens is 24. The van der Waals surface area contributed by atoms with Crippen LogP contribution in [0.4, 0.5) is 48.1 Å². The van der Waals surface area contributed by atoms with Crippen molar-refractivity contribution in [3.8, 4) is 0 Å². The summed E-state index contributed by atoms with van der Waals surface area (Å²) in [5, 5.41) is 20.7. The van der Waals surface area contributed by atoms with Crippen LogP contribution in [-0.4, -0.2) is 156 Å². The Morgan fingerprint density at radius 3 is 0.731 bits per heavy atom. The number of nitrogens with zero attached hydrogens (tertiary/aromatic N) is 18. The number of hydrogen-bond donors (Lipinski definition) is 12. The maximum atomic E-state index is 13.4. The van der Waals surface area contributed by atoms with Crippen molar-refractivity contribution < 1.29 is 13.2 Å². The lowest BCUT2D eigenvalue weighted by Crippen LogP contribution is -2.38. The second-order valence-electron chi connectivity index (χ2n) is 33.5. The molecular weight excluding hydrogens is 1450 g/mol. The van der Waals surface area contributed by atoms with Crippen LogP contribution < -0.4 is 31.9 Å². The van der Waals surface area contributed by atoms with E-state index in [1.54, 1.807) is 19.0 Å². The van der Waals surface area contributed by atoms with E-state index in [4.69, 9.17) is 34.8 Å². The predicted octanol–water partition coefficient (Wildman–Crippen LogP) is 17.6. The fourth-order valence-corrected chi connectivity index (χ4v) is 12.1. The van der Waals surface area contributed by atoms with Gasteiger partial charge < -0.3 is 61.8 Å². The number of nitrogens with one attached hydrogen (secondary N) is 12. The number of fused-ring (bicyclic) bond motifs is 6. The van der Waals surface area contributed by atoms with Gasteiger partial charge in [-0.25, -0.2) is 29.9 Å². The standard InChI is InChI=1S/C13H20ClN5.C13H20FN5.C12H18ClN5.C12H18FN5.C11H16ClN5.C11H16FN5/c2*1-7(2)9(13(3,4)5)17-11-8-10(16-6-15-8)18-12(14)19-11;2*1-5-7(12(2,3)4)16-10-8-9(15-6-14-8)17-11(13)18-10;2*1-6(11(2,3)4)15-9-7-8(14-5-13-7)16-10(12)17-9/h2*6-7,9H,1-5H3,(H2,15,16,17,18,19);2*6-7H,5H2,1-4H3,(H2,14,15,16,17,18);2*5-6H,1-4H3,(H2,13,14,15,16,17)/t2*9-;2*7-;2*6-/m101010/s1. The number of hydrogen-bond acceptors (Lipinski definition) is 24. The largest absolute Gasteiger partial charge is 0.365 e. The molecule has 0 aromatic carbocycles. The molecule has 12 aromatic rings. The first-order chi connectivity index (χ1) is 50.2. The SMILES string of the molecule is CC(C)[C@@H](Nc1nc(Cl)nc2nc[nH]c12)C(C)(C)C.CC(C)[C@H](Nc1nc(F)nc2nc[nH]c12)C(C)(C)C.CC[C@@H](Nc1nc(Cl)nc2nc[nH]c12)C(C)(C)C.CC[C@H](Nc1nc(F)nc2nc[nH]c12)C(C)(C)C.C[C@@H](Nc1nc(Cl)nc2nc[nH]c12)C(C)(C)C.C[C@H](Nc1nc(F)nc2nc[nH]c12)C(C)(C)C. The van der Waals surface area contributed by atoms with Gasteiger partial charge in [-0.05, 0) is 106 Å². The van der Waals surface area contributed by atoms with E-state index in [-0.39, 0.29) is 78.5 Å². The summed E-state index contributed by atoms with van der Waals surface area (Å²) in [5.41, 5.74) is 7.54. The zero-order valence-corrected chi connectivity index (χ0v) is 69.1. The fourth-order valence-electron chi connectivity index (χ4n) is 11.6. The normalized spacial score (nSPS) is 13.9. The smallest absolute Gasteiger partial charge is 0.312 e. The van der Waals surface area contributed by atoms with Crippen LogP contribution in [0.3, 0.4) is 0 Å². The number of halogens is 6. The van der Waals surface area contributed by atoms with E-state index in [0.717, 1.165) is 29.4 Å². The number of rotatable bonds is 16. The van der Waals surface area contributed by atoms with Crippen LogP contribution in [0.2, 0.25) is 15.9 Å². The van der Waals surface area contributed by atoms with Crippen LogP contribution in [-0.2, 0) is 0 Å². The molecule has 0 amide bonds. The number of aromatic amines is 6. The molecule has 6 atom stereocenters. The first-order valence-corrected chi connectivity index (χ1v) is 37.1. The Kier molecular flexibility index (Phi) is 28.2. The van der Waals surface area contributed by atoms with E-state index in [9.17, 15) is 13.2 Å². The Hall–Kier alpha value is -9.24. The molecule has 12 heterocycles. The highest BCUT2D eigenvalue weighted by Crippen LogP contribution is 2.35. The third kappa shape index (κ3) is 23.4. The fraction of sp³-hybridized carbons (Fsp3) is 0.583. The van der Waals surface area contributed by atoms with Gasteiger partial charge in [0.05, 0.1) is 38.0 Å². The van der Waals surface area contributed by atoms with E-state index in [1.807, 2.05) is 6.92 Å². The lowest BCUT2D eigenvalue weighted by molar-refractivity contribution is 0.280. The summed E-state index contributed by atoms with van der Waals surface area (Å²) in [4.78, 5) is 89.3. The Labute approximate surface area is 643 Å². The minimum atomic E-state index is -0.770. The average molecular weight is 1560 g/mol. The second-order valence-corrected chi connectivity index (χ2v) is 34.5. The van der Waals surface area contributed by atoms with Crippen molar-refractivity contribution in [2.24, 2.45) is 44.3 Å². The minimum Gasteiger partial charge on any atom is -0.365 e. The highest BCUT2D eigenvalue weighted by molar-refractivity contribution is 6.29. The molecule has 12 aromatic heterocycles. The maximum Gasteiger partial charge on any atom is 0.312 e. The van der Waals surface area contributed by atoms with Gasteiger partial charge in [-0.2, -0.15) is 73.0 Å². The van der Waals surface area contributed by atoms with Crippen LogP contribution >= 0.6 is 34.8 Å². The van der Waals surface area contributed by atoms with E-state index in [2.05, 4.69) is 325 Å². The van der Waals surface area contributed by atoms with Crippen LogP contribution in [0.5, 0.6) is 0 Å². The minimum absolute atomic E-state index is 0.0297. The molecule has 0 aliphatic carbocycles. The Morgan fingerprint density at radius 2 is 0.509 bits per heavy atom. The zero-order valence-electron chi connectivity index (χ0n) is 66.8. The number of imidazole rings is 6. The molecule has 0 saturated carbocycles. The second kappa shape index (κ2) is 35.4. The quantitative estimate of drug-likeness (QED) is 0.0400. The predicted molar refractivity (Wildman–Crippen MR) is 428 cm³/mol. The third-order valence-corrected chi connectivity index (χ3v) is 18.7. The van der Waals surface area contributed by atoms with E-state index >= 15 is 0 Å². The van der Waals surface area contributed by atoms with Gasteiger partial charge in [0.1, 0.15) is 33.1 Å². The van der Waals surface area contributed by atoms with E-state index in [1.165, 1.54) is 19.0 Å². The lowest BCUT2D eigenvalue weighted by Gasteiger charge is -2.35. The van der Waals surface area contributed by atoms with Crippen LogP contribution in [0, 0.1) is 62.6 Å². The molecule has 0 fully saturated rings. The van der Waals surface area contributed by atoms with Gasteiger partial charge in [-0.15, -0.1) is 0 Å². The molecule has 12 rings (SSSR count). The molecule has 108 heavy (non-hydrogen) atoms. The van der Waals surface area contributed by atoms with E-state index in [0.29, 0.717) is 103 Å². The van der Waals surface area contributed by atoms with Crippen molar-refractivity contribution in [3.63, 3.8) is 0 Å². The molecule has 0 spiro atoms. The number of anilines is 6. The monoisotopic (exact) mass is 1550 g/mol. The molecule has 0 unspecified atom stereocenters. The third-order valence-electron chi connectivity index (χ3n) is 18.2. The summed E-state index contributed by atoms with van der Waals surface area (Å²) in [6, 6.07) is 1.31. The van der Waals surface area contributed by atoms with Gasteiger partial charge in [-0.1, -0.05) is 166 Å². The molecular formula is C72H108Cl3F3N30. The average Bonchev–Trinajstić information content (AvgIpc) is 1.57. The molecule has 0 aliphatic heterocycles. The molecule has 36 heteroatoms. The van der Waals surface area contributed by atoms with Crippen molar-refractivity contribution in [3.05, 3.63) is 72.0 Å². The summed E-state index contributed by atoms with van der Waals surface area (Å²) < 4.78 is 39.9. The lowest BCUT2D eigenvalue weighted by atomic mass is 9.80. The van der Waals surface area contributed by atoms with Crippen LogP contribution in [0.1, 0.15) is 193 Å². The molecule has 12 N–H and O–H groups in total. The van der Waals surface area contributed by atoms with Gasteiger partial charge in [-0.3, -0.25) is 0 Å². The Morgan fingerprint density at radius 1 is 0.296 bits per heavy atom. The summed E-state index contributed by atoms with van der Waals surface area (Å²) in [5.74, 6) is 4.35. The summed E-state index contributed by atoms with van der Waals surface area (Å²) in [7, 11) is 0. The first kappa shape index (κ1) is 86.0. The van der Waals surface area contributed by atoms with E-state index < -0.39 is 18.2 Å². The number of H-pyrrole nitrogens is 6. The van der Waals surface area contributed by atoms with Crippen LogP contribution in [0.25, 0.3) is 67.0 Å². The van der Waals surface area contributed by atoms with Crippen molar-refractivity contribution in [1.29, 1.82) is 0 Å². The Balaban J connectivity index is 0.000000181. The Bertz CT molecular complexity index is 4550. The summed E-state index contributed by atoms with van der Waals surface area (Å²) in [6.45, 7) is 55.9. The molecule has 30 nitrogen and oxygen atoms in total. The molecule has 0 saturated heterocycles. The summed E-state index contributed by atoms with van der Waals surface area (Å²) >= 11 is 17.7. The van der Waals surface area contributed by atoms with Crippen LogP contribution in [0.15, 0.2) is 38.0 Å². The molecule has 0 aliphatic rings. The van der Waals surface area contributed by atoms with Crippen molar-refractivity contribution >= 4 is 137 Å². The van der Waals surface area contributed by atoms with Gasteiger partial charge in [0.2, 0.25) is 15.9 Å². The van der Waals surface area contributed by atoms with Crippen molar-refractivity contribution in [2.45, 2.75) is 229 Å². The zero-order chi connectivity index (χ0) is 80.3. The van der Waals surface area contributed by atoms with Crippen molar-refractivity contribution in [2.75, 3.05) is 31.9 Å². The highest BCUT2D eigenvalue weighted by atomic mass is 35.5. The van der Waals surface area contributed by atoms with Gasteiger partial charge in [0.25, 0.3) is 0 Å². The maximum absolute atomic E-state index is 13.4. The topological polar surface area (TPSA) is 399 Å². The van der Waals surface area contributed by atoms with Gasteiger partial charge in [0, 0.05) is 36.3 Å². The van der Waals surface area contributed by atoms with Gasteiger partial charge in [0.15, 0.2) is 68.8 Å². The molecule has 0 bridgehead atoms. The van der Waals surface area contributed by atoms with Gasteiger partial charge >= 0.3 is 18.2 Å².